The molecule has 0 spiro atoms. The number of hydrogen-bond acceptors (Lipinski definition) is 4. The summed E-state index contributed by atoms with van der Waals surface area (Å²) in [6.07, 6.45) is 0.442. The van der Waals surface area contributed by atoms with Crippen LogP contribution in [0.2, 0.25) is 0 Å². The summed E-state index contributed by atoms with van der Waals surface area (Å²) in [7, 11) is 0. The molecule has 1 heterocycles. The van der Waals surface area contributed by atoms with Gasteiger partial charge in [0.15, 0.2) is 6.10 Å². The van der Waals surface area contributed by atoms with Crippen LogP contribution in [-0.2, 0) is 11.2 Å². The standard InChI is InChI=1S/C24H29N3O2/c1-19(2)23(29-22-11-7-6-10-21(22)18-25)24(28)27-16-14-26(15-17-27)13-12-20-8-4-3-5-9-20/h3-11,19,23H,12-17H2,1-2H3. The van der Waals surface area contributed by atoms with Crippen molar-refractivity contribution < 1.29 is 9.53 Å². The van der Waals surface area contributed by atoms with Crippen molar-refractivity contribution in [2.75, 3.05) is 32.7 Å². The van der Waals surface area contributed by atoms with Crippen LogP contribution in [0.5, 0.6) is 5.75 Å². The molecule has 2 aromatic rings. The molecular formula is C24H29N3O2. The smallest absolute Gasteiger partial charge is 0.264 e. The van der Waals surface area contributed by atoms with Gasteiger partial charge in [-0.2, -0.15) is 5.26 Å². The molecule has 152 valence electrons. The molecule has 1 unspecified atom stereocenters. The zero-order chi connectivity index (χ0) is 20.6. The maximum Gasteiger partial charge on any atom is 0.264 e. The molecule has 0 aromatic heterocycles. The molecule has 3 rings (SSSR count). The van der Waals surface area contributed by atoms with Gasteiger partial charge in [-0.1, -0.05) is 56.3 Å². The fourth-order valence-electron chi connectivity index (χ4n) is 3.57. The summed E-state index contributed by atoms with van der Waals surface area (Å²) in [4.78, 5) is 17.4. The Morgan fingerprint density at radius 3 is 2.34 bits per heavy atom. The number of para-hydroxylation sites is 1. The third-order valence-electron chi connectivity index (χ3n) is 5.35. The van der Waals surface area contributed by atoms with Crippen LogP contribution in [0, 0.1) is 17.2 Å². The van der Waals surface area contributed by atoms with E-state index in [0.717, 1.165) is 26.1 Å². The van der Waals surface area contributed by atoms with Gasteiger partial charge in [-0.3, -0.25) is 9.69 Å². The molecule has 29 heavy (non-hydrogen) atoms. The quantitative estimate of drug-likeness (QED) is 0.726. The van der Waals surface area contributed by atoms with Crippen LogP contribution in [0.4, 0.5) is 0 Å². The topological polar surface area (TPSA) is 56.6 Å². The van der Waals surface area contributed by atoms with E-state index in [1.165, 1.54) is 5.56 Å². The fourth-order valence-corrected chi connectivity index (χ4v) is 3.57. The minimum absolute atomic E-state index is 0.00968. The summed E-state index contributed by atoms with van der Waals surface area (Å²) in [5.74, 6) is 0.504. The van der Waals surface area contributed by atoms with Gasteiger partial charge >= 0.3 is 0 Å². The number of benzene rings is 2. The number of rotatable bonds is 7. The number of piperazine rings is 1. The van der Waals surface area contributed by atoms with Gasteiger partial charge in [0.05, 0.1) is 5.56 Å². The molecule has 1 fully saturated rings. The van der Waals surface area contributed by atoms with Crippen LogP contribution in [-0.4, -0.2) is 54.5 Å². The van der Waals surface area contributed by atoms with Gasteiger partial charge in [0, 0.05) is 32.7 Å². The van der Waals surface area contributed by atoms with Crippen molar-refractivity contribution in [3.05, 3.63) is 65.7 Å². The monoisotopic (exact) mass is 391 g/mol. The number of carbonyl (C=O) groups is 1. The first-order chi connectivity index (χ1) is 14.1. The van der Waals surface area contributed by atoms with Gasteiger partial charge < -0.3 is 9.64 Å². The van der Waals surface area contributed by atoms with Crippen molar-refractivity contribution in [2.24, 2.45) is 5.92 Å². The average Bonchev–Trinajstić information content (AvgIpc) is 2.76. The lowest BCUT2D eigenvalue weighted by atomic mass is 10.0. The highest BCUT2D eigenvalue weighted by molar-refractivity contribution is 5.81. The first kappa shape index (κ1) is 20.9. The van der Waals surface area contributed by atoms with E-state index in [9.17, 15) is 10.1 Å². The summed E-state index contributed by atoms with van der Waals surface area (Å²) in [6, 6.07) is 19.7. The average molecular weight is 392 g/mol. The van der Waals surface area contributed by atoms with Gasteiger partial charge in [0.2, 0.25) is 0 Å². The molecule has 1 aliphatic rings. The fraction of sp³-hybridized carbons (Fsp3) is 0.417. The Labute approximate surface area is 173 Å². The third-order valence-corrected chi connectivity index (χ3v) is 5.35. The van der Waals surface area contributed by atoms with Crippen molar-refractivity contribution in [3.63, 3.8) is 0 Å². The number of amides is 1. The molecule has 1 atom stereocenters. The minimum atomic E-state index is -0.583. The van der Waals surface area contributed by atoms with E-state index in [2.05, 4.69) is 35.2 Å². The Morgan fingerprint density at radius 2 is 1.69 bits per heavy atom. The SMILES string of the molecule is CC(C)C(Oc1ccccc1C#N)C(=O)N1CCN(CCc2ccccc2)CC1. The molecule has 5 heteroatoms. The minimum Gasteiger partial charge on any atom is -0.479 e. The number of nitrogens with zero attached hydrogens (tertiary/aromatic N) is 3. The first-order valence-corrected chi connectivity index (χ1v) is 10.3. The molecule has 1 aliphatic heterocycles. The zero-order valence-electron chi connectivity index (χ0n) is 17.3. The normalized spacial score (nSPS) is 15.7. The van der Waals surface area contributed by atoms with Crippen LogP contribution < -0.4 is 4.74 Å². The van der Waals surface area contributed by atoms with Gasteiger partial charge in [0.25, 0.3) is 5.91 Å². The summed E-state index contributed by atoms with van der Waals surface area (Å²) < 4.78 is 6.02. The van der Waals surface area contributed by atoms with E-state index < -0.39 is 6.10 Å². The highest BCUT2D eigenvalue weighted by Crippen LogP contribution is 2.22. The molecule has 5 nitrogen and oxygen atoms in total. The van der Waals surface area contributed by atoms with Gasteiger partial charge in [0.1, 0.15) is 11.8 Å². The van der Waals surface area contributed by atoms with Crippen LogP contribution >= 0.6 is 0 Å². The second-order valence-electron chi connectivity index (χ2n) is 7.79. The maximum absolute atomic E-state index is 13.1. The summed E-state index contributed by atoms with van der Waals surface area (Å²) in [5.41, 5.74) is 1.80. The van der Waals surface area contributed by atoms with Crippen LogP contribution in [0.1, 0.15) is 25.0 Å². The Balaban J connectivity index is 1.55. The summed E-state index contributed by atoms with van der Waals surface area (Å²) in [5, 5.41) is 9.29. The van der Waals surface area contributed by atoms with Gasteiger partial charge in [-0.05, 0) is 30.0 Å². The summed E-state index contributed by atoms with van der Waals surface area (Å²) >= 11 is 0. The van der Waals surface area contributed by atoms with E-state index in [-0.39, 0.29) is 11.8 Å². The molecule has 0 N–H and O–H groups in total. The van der Waals surface area contributed by atoms with Crippen molar-refractivity contribution in [3.8, 4) is 11.8 Å². The van der Waals surface area contributed by atoms with Gasteiger partial charge in [-0.15, -0.1) is 0 Å². The third kappa shape index (κ3) is 5.58. The molecule has 0 radical (unpaired) electrons. The molecule has 0 aliphatic carbocycles. The number of nitriles is 1. The van der Waals surface area contributed by atoms with E-state index >= 15 is 0 Å². The lowest BCUT2D eigenvalue weighted by molar-refractivity contribution is -0.142. The number of ether oxygens (including phenoxy) is 1. The Morgan fingerprint density at radius 1 is 1.03 bits per heavy atom. The van der Waals surface area contributed by atoms with Crippen LogP contribution in [0.3, 0.4) is 0 Å². The van der Waals surface area contributed by atoms with E-state index in [0.29, 0.717) is 24.4 Å². The van der Waals surface area contributed by atoms with Crippen molar-refractivity contribution >= 4 is 5.91 Å². The van der Waals surface area contributed by atoms with Crippen molar-refractivity contribution in [1.29, 1.82) is 5.26 Å². The van der Waals surface area contributed by atoms with E-state index in [1.54, 1.807) is 18.2 Å². The van der Waals surface area contributed by atoms with E-state index in [4.69, 9.17) is 4.74 Å². The molecule has 0 bridgehead atoms. The second kappa shape index (κ2) is 10.1. The predicted molar refractivity (Wildman–Crippen MR) is 114 cm³/mol. The number of carbonyl (C=O) groups excluding carboxylic acids is 1. The van der Waals surface area contributed by atoms with Gasteiger partial charge in [-0.25, -0.2) is 0 Å². The maximum atomic E-state index is 13.1. The van der Waals surface area contributed by atoms with Crippen LogP contribution in [0.15, 0.2) is 54.6 Å². The van der Waals surface area contributed by atoms with Crippen molar-refractivity contribution in [2.45, 2.75) is 26.4 Å². The second-order valence-corrected chi connectivity index (χ2v) is 7.79. The van der Waals surface area contributed by atoms with Crippen LogP contribution in [0.25, 0.3) is 0 Å². The molecular weight excluding hydrogens is 362 g/mol. The molecule has 1 amide bonds. The Bertz CT molecular complexity index is 837. The molecule has 0 saturated carbocycles. The highest BCUT2D eigenvalue weighted by Gasteiger charge is 2.31. The van der Waals surface area contributed by atoms with E-state index in [1.807, 2.05) is 30.9 Å². The molecule has 1 saturated heterocycles. The largest absolute Gasteiger partial charge is 0.479 e. The lowest BCUT2D eigenvalue weighted by Gasteiger charge is -2.37. The Hall–Kier alpha value is -2.84. The highest BCUT2D eigenvalue weighted by atomic mass is 16.5. The molecule has 2 aromatic carbocycles. The Kier molecular flexibility index (Phi) is 7.26. The first-order valence-electron chi connectivity index (χ1n) is 10.3. The lowest BCUT2D eigenvalue weighted by Crippen LogP contribution is -2.53. The summed E-state index contributed by atoms with van der Waals surface area (Å²) in [6.45, 7) is 8.13. The number of hydrogen-bond donors (Lipinski definition) is 0. The van der Waals surface area contributed by atoms with Crippen molar-refractivity contribution in [1.82, 2.24) is 9.80 Å². The predicted octanol–water partition coefficient (Wildman–Crippen LogP) is 3.35. The zero-order valence-corrected chi connectivity index (χ0v) is 17.3.